The lowest BCUT2D eigenvalue weighted by Gasteiger charge is -2.13. The monoisotopic (exact) mass is 287 g/mol. The van der Waals surface area contributed by atoms with Gasteiger partial charge in [0.1, 0.15) is 0 Å². The van der Waals surface area contributed by atoms with Gasteiger partial charge in [-0.1, -0.05) is 19.1 Å². The molecule has 0 radical (unpaired) electrons. The molecule has 1 aliphatic heterocycles. The molecule has 1 heterocycles. The van der Waals surface area contributed by atoms with Crippen molar-refractivity contribution in [1.29, 1.82) is 0 Å². The van der Waals surface area contributed by atoms with E-state index in [0.29, 0.717) is 23.9 Å². The van der Waals surface area contributed by atoms with Gasteiger partial charge in [0, 0.05) is 24.7 Å². The standard InChI is InChI=1S/C16H21N3O2/c1-11-9-19(10-14(11)8-17)15(20)7-4-12-2-5-13(6-3-12)16(18)21/h2-7,11,14H,8-10,17H2,1H3,(H2,18,21)/b7-4+. The Hall–Kier alpha value is -2.14. The molecule has 1 aromatic carbocycles. The van der Waals surface area contributed by atoms with Crippen LogP contribution >= 0.6 is 0 Å². The summed E-state index contributed by atoms with van der Waals surface area (Å²) in [5.41, 5.74) is 12.2. The van der Waals surface area contributed by atoms with E-state index in [4.69, 9.17) is 11.5 Å². The van der Waals surface area contributed by atoms with Gasteiger partial charge < -0.3 is 16.4 Å². The summed E-state index contributed by atoms with van der Waals surface area (Å²) in [6.07, 6.45) is 3.30. The second-order valence-electron chi connectivity index (χ2n) is 5.54. The van der Waals surface area contributed by atoms with E-state index in [0.717, 1.165) is 18.7 Å². The summed E-state index contributed by atoms with van der Waals surface area (Å²) < 4.78 is 0. The first kappa shape index (κ1) is 15.3. The topological polar surface area (TPSA) is 89.4 Å². The number of rotatable bonds is 4. The molecule has 4 N–H and O–H groups in total. The highest BCUT2D eigenvalue weighted by Crippen LogP contribution is 2.22. The normalized spacial score (nSPS) is 21.9. The van der Waals surface area contributed by atoms with Crippen LogP contribution in [-0.4, -0.2) is 36.3 Å². The van der Waals surface area contributed by atoms with Crippen molar-refractivity contribution in [2.45, 2.75) is 6.92 Å². The van der Waals surface area contributed by atoms with E-state index in [1.54, 1.807) is 36.4 Å². The third-order valence-corrected chi connectivity index (χ3v) is 4.00. The Morgan fingerprint density at radius 1 is 1.29 bits per heavy atom. The lowest BCUT2D eigenvalue weighted by Crippen LogP contribution is -2.28. The summed E-state index contributed by atoms with van der Waals surface area (Å²) in [4.78, 5) is 24.9. The number of nitrogens with two attached hydrogens (primary N) is 2. The lowest BCUT2D eigenvalue weighted by atomic mass is 9.99. The molecular weight excluding hydrogens is 266 g/mol. The van der Waals surface area contributed by atoms with E-state index in [-0.39, 0.29) is 5.91 Å². The van der Waals surface area contributed by atoms with E-state index in [2.05, 4.69) is 6.92 Å². The van der Waals surface area contributed by atoms with Crippen LogP contribution in [0.15, 0.2) is 30.3 Å². The Bertz CT molecular complexity index is 551. The maximum Gasteiger partial charge on any atom is 0.248 e. The van der Waals surface area contributed by atoms with Gasteiger partial charge in [-0.2, -0.15) is 0 Å². The molecule has 5 heteroatoms. The van der Waals surface area contributed by atoms with Crippen LogP contribution in [0.1, 0.15) is 22.8 Å². The molecule has 0 bridgehead atoms. The molecule has 1 saturated heterocycles. The van der Waals surface area contributed by atoms with E-state index in [1.165, 1.54) is 0 Å². The molecule has 0 saturated carbocycles. The zero-order valence-corrected chi connectivity index (χ0v) is 12.2. The number of likely N-dealkylation sites (tertiary alicyclic amines) is 1. The van der Waals surface area contributed by atoms with Crippen LogP contribution in [-0.2, 0) is 4.79 Å². The van der Waals surface area contributed by atoms with Gasteiger partial charge in [-0.25, -0.2) is 0 Å². The number of hydrogen-bond donors (Lipinski definition) is 2. The quantitative estimate of drug-likeness (QED) is 0.805. The molecule has 0 aliphatic carbocycles. The maximum absolute atomic E-state index is 12.1. The molecule has 1 aliphatic rings. The molecule has 112 valence electrons. The molecule has 21 heavy (non-hydrogen) atoms. The SMILES string of the molecule is CC1CN(C(=O)/C=C/c2ccc(C(N)=O)cc2)CC1CN. The highest BCUT2D eigenvalue weighted by atomic mass is 16.2. The lowest BCUT2D eigenvalue weighted by molar-refractivity contribution is -0.125. The van der Waals surface area contributed by atoms with Gasteiger partial charge >= 0.3 is 0 Å². The van der Waals surface area contributed by atoms with Gasteiger partial charge in [0.05, 0.1) is 0 Å². The smallest absolute Gasteiger partial charge is 0.248 e. The molecule has 0 aromatic heterocycles. The summed E-state index contributed by atoms with van der Waals surface area (Å²) in [6.45, 7) is 4.22. The van der Waals surface area contributed by atoms with Crippen LogP contribution in [0.25, 0.3) is 6.08 Å². The van der Waals surface area contributed by atoms with Gasteiger partial charge in [0.2, 0.25) is 11.8 Å². The summed E-state index contributed by atoms with van der Waals surface area (Å²) >= 11 is 0. The molecule has 2 unspecified atom stereocenters. The second-order valence-corrected chi connectivity index (χ2v) is 5.54. The summed E-state index contributed by atoms with van der Waals surface area (Å²) in [5, 5.41) is 0. The second kappa shape index (κ2) is 6.54. The van der Waals surface area contributed by atoms with E-state index >= 15 is 0 Å². The zero-order valence-electron chi connectivity index (χ0n) is 12.2. The molecule has 5 nitrogen and oxygen atoms in total. The third kappa shape index (κ3) is 3.70. The van der Waals surface area contributed by atoms with Crippen LogP contribution in [0.4, 0.5) is 0 Å². The Labute approximate surface area is 124 Å². The molecular formula is C16H21N3O2. The Balaban J connectivity index is 1.97. The van der Waals surface area contributed by atoms with Crippen LogP contribution < -0.4 is 11.5 Å². The van der Waals surface area contributed by atoms with Crippen molar-refractivity contribution < 1.29 is 9.59 Å². The summed E-state index contributed by atoms with van der Waals surface area (Å²) in [5.74, 6) is 0.372. The van der Waals surface area contributed by atoms with Crippen molar-refractivity contribution in [3.63, 3.8) is 0 Å². The predicted molar refractivity (Wildman–Crippen MR) is 82.3 cm³/mol. The van der Waals surface area contributed by atoms with Gasteiger partial charge in [-0.3, -0.25) is 9.59 Å². The highest BCUT2D eigenvalue weighted by molar-refractivity contribution is 5.94. The third-order valence-electron chi connectivity index (χ3n) is 4.00. The Morgan fingerprint density at radius 3 is 2.48 bits per heavy atom. The number of amides is 2. The maximum atomic E-state index is 12.1. The molecule has 0 spiro atoms. The van der Waals surface area contributed by atoms with Crippen molar-refractivity contribution >= 4 is 17.9 Å². The van der Waals surface area contributed by atoms with Crippen molar-refractivity contribution in [2.24, 2.45) is 23.3 Å². The first-order valence-electron chi connectivity index (χ1n) is 7.08. The molecule has 2 rings (SSSR count). The average molecular weight is 287 g/mol. The van der Waals surface area contributed by atoms with Crippen molar-refractivity contribution in [2.75, 3.05) is 19.6 Å². The summed E-state index contributed by atoms with van der Waals surface area (Å²) in [7, 11) is 0. The minimum atomic E-state index is -0.458. The minimum Gasteiger partial charge on any atom is -0.366 e. The fourth-order valence-electron chi connectivity index (χ4n) is 2.55. The Kier molecular flexibility index (Phi) is 4.75. The number of carbonyl (C=O) groups excluding carboxylic acids is 2. The summed E-state index contributed by atoms with van der Waals surface area (Å²) in [6, 6.07) is 6.82. The van der Waals surface area contributed by atoms with Gasteiger partial charge in [0.25, 0.3) is 0 Å². The molecule has 2 atom stereocenters. The van der Waals surface area contributed by atoms with Crippen LogP contribution in [0.5, 0.6) is 0 Å². The minimum absolute atomic E-state index is 0.00298. The number of hydrogen-bond acceptors (Lipinski definition) is 3. The van der Waals surface area contributed by atoms with Crippen LogP contribution in [0.3, 0.4) is 0 Å². The number of primary amides is 1. The van der Waals surface area contributed by atoms with Gasteiger partial charge in [0.15, 0.2) is 0 Å². The first-order chi connectivity index (χ1) is 10.0. The van der Waals surface area contributed by atoms with Gasteiger partial charge in [-0.05, 0) is 42.2 Å². The van der Waals surface area contributed by atoms with Crippen molar-refractivity contribution in [1.82, 2.24) is 4.90 Å². The number of carbonyl (C=O) groups is 2. The molecule has 2 amide bonds. The van der Waals surface area contributed by atoms with Gasteiger partial charge in [-0.15, -0.1) is 0 Å². The van der Waals surface area contributed by atoms with Crippen LogP contribution in [0, 0.1) is 11.8 Å². The van der Waals surface area contributed by atoms with E-state index < -0.39 is 5.91 Å². The van der Waals surface area contributed by atoms with Crippen molar-refractivity contribution in [3.8, 4) is 0 Å². The Morgan fingerprint density at radius 2 is 1.95 bits per heavy atom. The zero-order chi connectivity index (χ0) is 15.4. The number of benzene rings is 1. The fourth-order valence-corrected chi connectivity index (χ4v) is 2.55. The fraction of sp³-hybridized carbons (Fsp3) is 0.375. The van der Waals surface area contributed by atoms with Crippen molar-refractivity contribution in [3.05, 3.63) is 41.5 Å². The molecule has 1 aromatic rings. The highest BCUT2D eigenvalue weighted by Gasteiger charge is 2.30. The number of nitrogens with zero attached hydrogens (tertiary/aromatic N) is 1. The van der Waals surface area contributed by atoms with E-state index in [1.807, 2.05) is 4.90 Å². The van der Waals surface area contributed by atoms with E-state index in [9.17, 15) is 9.59 Å². The predicted octanol–water partition coefficient (Wildman–Crippen LogP) is 0.852. The largest absolute Gasteiger partial charge is 0.366 e. The van der Waals surface area contributed by atoms with Crippen LogP contribution in [0.2, 0.25) is 0 Å². The first-order valence-corrected chi connectivity index (χ1v) is 7.08. The average Bonchev–Trinajstić information content (AvgIpc) is 2.86. The molecule has 1 fully saturated rings.